The zero-order valence-electron chi connectivity index (χ0n) is 16.9. The number of carbonyl (C=O) groups is 1. The minimum absolute atomic E-state index is 0.0965. The number of H-pyrrole nitrogens is 1. The van der Waals surface area contributed by atoms with E-state index in [0.29, 0.717) is 28.1 Å². The van der Waals surface area contributed by atoms with Crippen LogP contribution in [0.5, 0.6) is 5.75 Å². The summed E-state index contributed by atoms with van der Waals surface area (Å²) < 4.78 is 5.51. The minimum Gasteiger partial charge on any atom is -0.496 e. The van der Waals surface area contributed by atoms with Gasteiger partial charge in [-0.1, -0.05) is 30.3 Å². The summed E-state index contributed by atoms with van der Waals surface area (Å²) >= 11 is 0. The van der Waals surface area contributed by atoms with Crippen molar-refractivity contribution in [1.29, 1.82) is 5.26 Å². The maximum Gasteiger partial charge on any atom is 0.253 e. The summed E-state index contributed by atoms with van der Waals surface area (Å²) in [6.45, 7) is 0. The number of fused-ring (bicyclic) bond motifs is 1. The molecule has 2 aromatic carbocycles. The number of para-hydroxylation sites is 1. The quantitative estimate of drug-likeness (QED) is 0.551. The summed E-state index contributed by atoms with van der Waals surface area (Å²) in [6.07, 6.45) is 3.51. The molecule has 0 aliphatic heterocycles. The predicted octanol–water partition coefficient (Wildman–Crippen LogP) is 4.48. The number of pyridine rings is 1. The van der Waals surface area contributed by atoms with Gasteiger partial charge >= 0.3 is 0 Å². The van der Waals surface area contributed by atoms with Crippen LogP contribution in [0, 0.1) is 11.3 Å². The standard InChI is InChI=1S/C24H20N4O2/c1-28(2)24(29)16-8-6-7-15(11-16)19-13-26-23-22(18(19)12-25)20(14-27-23)17-9-4-5-10-21(17)30-3/h4-11,13-14H,1-3H3,(H,26,27). The number of aromatic amines is 1. The normalized spacial score (nSPS) is 10.6. The van der Waals surface area contributed by atoms with Crippen LogP contribution in [0.25, 0.3) is 33.3 Å². The second kappa shape index (κ2) is 7.72. The number of nitriles is 1. The second-order valence-corrected chi connectivity index (χ2v) is 7.07. The zero-order valence-corrected chi connectivity index (χ0v) is 16.9. The third kappa shape index (κ3) is 3.16. The lowest BCUT2D eigenvalue weighted by molar-refractivity contribution is 0.0827. The first-order valence-electron chi connectivity index (χ1n) is 9.40. The lowest BCUT2D eigenvalue weighted by Crippen LogP contribution is -2.21. The summed E-state index contributed by atoms with van der Waals surface area (Å²) in [7, 11) is 5.04. The highest BCUT2D eigenvalue weighted by Gasteiger charge is 2.19. The molecule has 0 saturated carbocycles. The number of nitrogens with one attached hydrogen (secondary N) is 1. The molecule has 1 amide bonds. The summed E-state index contributed by atoms with van der Waals surface area (Å²) in [4.78, 5) is 21.6. The SMILES string of the molecule is COc1ccccc1-c1c[nH]c2ncc(-c3cccc(C(=O)N(C)C)c3)c(C#N)c12. The number of methoxy groups -OCH3 is 1. The topological polar surface area (TPSA) is 82.0 Å². The van der Waals surface area contributed by atoms with Crippen LogP contribution >= 0.6 is 0 Å². The number of hydrogen-bond acceptors (Lipinski definition) is 4. The van der Waals surface area contributed by atoms with Gasteiger partial charge in [0, 0.05) is 54.1 Å². The van der Waals surface area contributed by atoms with E-state index < -0.39 is 0 Å². The van der Waals surface area contributed by atoms with E-state index in [9.17, 15) is 10.1 Å². The van der Waals surface area contributed by atoms with Crippen LogP contribution in [-0.2, 0) is 0 Å². The zero-order chi connectivity index (χ0) is 21.3. The Morgan fingerprint density at radius 2 is 1.90 bits per heavy atom. The van der Waals surface area contributed by atoms with Gasteiger partial charge in [-0.15, -0.1) is 0 Å². The largest absolute Gasteiger partial charge is 0.496 e. The molecule has 0 fully saturated rings. The van der Waals surface area contributed by atoms with Gasteiger partial charge in [0.25, 0.3) is 5.91 Å². The van der Waals surface area contributed by atoms with Gasteiger partial charge in [-0.25, -0.2) is 4.98 Å². The van der Waals surface area contributed by atoms with Crippen molar-refractivity contribution in [3.63, 3.8) is 0 Å². The van der Waals surface area contributed by atoms with Crippen LogP contribution in [0.2, 0.25) is 0 Å². The molecule has 4 aromatic rings. The highest BCUT2D eigenvalue weighted by Crippen LogP contribution is 2.38. The summed E-state index contributed by atoms with van der Waals surface area (Å²) in [5.74, 6) is 0.618. The Balaban J connectivity index is 1.95. The van der Waals surface area contributed by atoms with Crippen LogP contribution in [-0.4, -0.2) is 42.0 Å². The van der Waals surface area contributed by atoms with Crippen LogP contribution in [0.3, 0.4) is 0 Å². The Kier molecular flexibility index (Phi) is 4.95. The van der Waals surface area contributed by atoms with Crippen molar-refractivity contribution in [3.8, 4) is 34.1 Å². The highest BCUT2D eigenvalue weighted by molar-refractivity contribution is 6.02. The highest BCUT2D eigenvalue weighted by atomic mass is 16.5. The van der Waals surface area contributed by atoms with Gasteiger partial charge in [0.05, 0.1) is 12.7 Å². The molecular weight excluding hydrogens is 376 g/mol. The molecule has 30 heavy (non-hydrogen) atoms. The molecule has 0 radical (unpaired) electrons. The van der Waals surface area contributed by atoms with Gasteiger partial charge in [-0.3, -0.25) is 4.79 Å². The van der Waals surface area contributed by atoms with Crippen molar-refractivity contribution < 1.29 is 9.53 Å². The number of ether oxygens (including phenoxy) is 1. The van der Waals surface area contributed by atoms with Crippen molar-refractivity contribution in [2.75, 3.05) is 21.2 Å². The Hall–Kier alpha value is -4.11. The molecule has 0 aliphatic rings. The fourth-order valence-corrected chi connectivity index (χ4v) is 3.59. The molecule has 0 spiro atoms. The van der Waals surface area contributed by atoms with Gasteiger partial charge in [0.15, 0.2) is 0 Å². The van der Waals surface area contributed by atoms with E-state index >= 15 is 0 Å². The number of aromatic nitrogens is 2. The molecule has 0 aliphatic carbocycles. The number of benzene rings is 2. The van der Waals surface area contributed by atoms with Crippen LogP contribution in [0.1, 0.15) is 15.9 Å². The van der Waals surface area contributed by atoms with Crippen LogP contribution in [0.4, 0.5) is 0 Å². The van der Waals surface area contributed by atoms with Crippen molar-refractivity contribution in [2.45, 2.75) is 0 Å². The average Bonchev–Trinajstić information content (AvgIpc) is 3.22. The van der Waals surface area contributed by atoms with E-state index in [-0.39, 0.29) is 5.91 Å². The van der Waals surface area contributed by atoms with E-state index in [1.54, 1.807) is 39.5 Å². The van der Waals surface area contributed by atoms with E-state index in [2.05, 4.69) is 16.0 Å². The Morgan fingerprint density at radius 3 is 2.63 bits per heavy atom. The maximum absolute atomic E-state index is 12.4. The fourth-order valence-electron chi connectivity index (χ4n) is 3.59. The maximum atomic E-state index is 12.4. The van der Waals surface area contributed by atoms with Crippen molar-refractivity contribution in [3.05, 3.63) is 72.1 Å². The van der Waals surface area contributed by atoms with Crippen LogP contribution < -0.4 is 4.74 Å². The number of rotatable bonds is 4. The molecule has 6 nitrogen and oxygen atoms in total. The van der Waals surface area contributed by atoms with Crippen molar-refractivity contribution in [1.82, 2.24) is 14.9 Å². The van der Waals surface area contributed by atoms with Crippen molar-refractivity contribution >= 4 is 16.9 Å². The molecule has 0 saturated heterocycles. The average molecular weight is 396 g/mol. The molecule has 0 bridgehead atoms. The van der Waals surface area contributed by atoms with Gasteiger partial charge in [0.2, 0.25) is 0 Å². The Bertz CT molecular complexity index is 1300. The first kappa shape index (κ1) is 19.2. The van der Waals surface area contributed by atoms with E-state index in [1.807, 2.05) is 42.6 Å². The molecule has 4 rings (SSSR count). The molecule has 0 unspecified atom stereocenters. The van der Waals surface area contributed by atoms with Crippen LogP contribution in [0.15, 0.2) is 60.9 Å². The fraction of sp³-hybridized carbons (Fsp3) is 0.125. The third-order valence-corrected chi connectivity index (χ3v) is 5.04. The Labute approximate surface area is 174 Å². The molecule has 6 heteroatoms. The van der Waals surface area contributed by atoms with Gasteiger partial charge < -0.3 is 14.6 Å². The van der Waals surface area contributed by atoms with Gasteiger partial charge in [-0.05, 0) is 23.8 Å². The van der Waals surface area contributed by atoms with E-state index in [1.165, 1.54) is 4.90 Å². The van der Waals surface area contributed by atoms with Crippen molar-refractivity contribution in [2.24, 2.45) is 0 Å². The first-order valence-corrected chi connectivity index (χ1v) is 9.40. The minimum atomic E-state index is -0.0965. The number of nitrogens with zero attached hydrogens (tertiary/aromatic N) is 3. The molecule has 2 aromatic heterocycles. The van der Waals surface area contributed by atoms with Gasteiger partial charge in [0.1, 0.15) is 17.5 Å². The lowest BCUT2D eigenvalue weighted by Gasteiger charge is -2.12. The summed E-state index contributed by atoms with van der Waals surface area (Å²) in [5.41, 5.74) is 4.83. The third-order valence-electron chi connectivity index (χ3n) is 5.04. The summed E-state index contributed by atoms with van der Waals surface area (Å²) in [6, 6.07) is 17.3. The number of hydrogen-bond donors (Lipinski definition) is 1. The number of carbonyl (C=O) groups excluding carboxylic acids is 1. The predicted molar refractivity (Wildman–Crippen MR) is 116 cm³/mol. The first-order chi connectivity index (χ1) is 14.5. The molecule has 148 valence electrons. The molecule has 0 atom stereocenters. The monoisotopic (exact) mass is 396 g/mol. The Morgan fingerprint density at radius 1 is 1.10 bits per heavy atom. The van der Waals surface area contributed by atoms with E-state index in [4.69, 9.17) is 4.74 Å². The second-order valence-electron chi connectivity index (χ2n) is 7.07. The molecular formula is C24H20N4O2. The van der Waals surface area contributed by atoms with Gasteiger partial charge in [-0.2, -0.15) is 5.26 Å². The van der Waals surface area contributed by atoms with E-state index in [0.717, 1.165) is 22.1 Å². The molecule has 1 N–H and O–H groups in total. The summed E-state index contributed by atoms with van der Waals surface area (Å²) in [5, 5.41) is 10.8. The molecule has 2 heterocycles. The lowest BCUT2D eigenvalue weighted by atomic mass is 9.95. The smallest absolute Gasteiger partial charge is 0.253 e. The number of amides is 1.